The van der Waals surface area contributed by atoms with Gasteiger partial charge in [-0.15, -0.1) is 0 Å². The molecule has 1 fully saturated rings. The van der Waals surface area contributed by atoms with Crippen LogP contribution in [-0.4, -0.2) is 41.2 Å². The third-order valence-electron chi connectivity index (χ3n) is 5.81. The van der Waals surface area contributed by atoms with Crippen LogP contribution in [0.4, 0.5) is 4.79 Å². The molecule has 6 nitrogen and oxygen atoms in total. The van der Waals surface area contributed by atoms with Crippen LogP contribution in [0.25, 0.3) is 0 Å². The summed E-state index contributed by atoms with van der Waals surface area (Å²) in [5.41, 5.74) is 3.02. The number of urea groups is 1. The number of imide groups is 1. The second-order valence-electron chi connectivity index (χ2n) is 7.56. The van der Waals surface area contributed by atoms with Crippen LogP contribution in [0.3, 0.4) is 0 Å². The van der Waals surface area contributed by atoms with Crippen LogP contribution in [0.2, 0.25) is 0 Å². The van der Waals surface area contributed by atoms with Crippen molar-refractivity contribution in [2.75, 3.05) is 13.6 Å². The molecule has 1 N–H and O–H groups in total. The van der Waals surface area contributed by atoms with Crippen LogP contribution in [0, 0.1) is 6.92 Å². The minimum Gasteiger partial charge on any atom is -0.340 e. The number of benzene rings is 2. The fraction of sp³-hybridized carbons (Fsp3) is 0.318. The molecule has 1 spiro atoms. The first-order valence-electron chi connectivity index (χ1n) is 9.43. The molecule has 144 valence electrons. The van der Waals surface area contributed by atoms with Crippen LogP contribution in [-0.2, 0) is 28.1 Å². The zero-order chi connectivity index (χ0) is 19.9. The second kappa shape index (κ2) is 6.78. The maximum Gasteiger partial charge on any atom is 0.325 e. The van der Waals surface area contributed by atoms with Crippen molar-refractivity contribution in [2.24, 2.45) is 0 Å². The number of carbonyl (C=O) groups is 3. The fourth-order valence-corrected chi connectivity index (χ4v) is 4.12. The number of likely N-dealkylation sites (N-methyl/N-ethyl adjacent to an activating group) is 1. The van der Waals surface area contributed by atoms with Gasteiger partial charge >= 0.3 is 6.03 Å². The molecule has 4 amide bonds. The number of carbonyl (C=O) groups excluding carboxylic acids is 3. The van der Waals surface area contributed by atoms with Gasteiger partial charge in [0, 0.05) is 13.6 Å². The van der Waals surface area contributed by atoms with Crippen molar-refractivity contribution in [3.63, 3.8) is 0 Å². The van der Waals surface area contributed by atoms with E-state index in [2.05, 4.69) is 5.32 Å². The molecule has 1 aliphatic carbocycles. The number of fused-ring (bicyclic) bond motifs is 2. The summed E-state index contributed by atoms with van der Waals surface area (Å²) in [6, 6.07) is 15.0. The van der Waals surface area contributed by atoms with Gasteiger partial charge in [0.25, 0.3) is 5.91 Å². The predicted molar refractivity (Wildman–Crippen MR) is 104 cm³/mol. The summed E-state index contributed by atoms with van der Waals surface area (Å²) in [7, 11) is 1.69. The Morgan fingerprint density at radius 2 is 1.86 bits per heavy atom. The van der Waals surface area contributed by atoms with E-state index in [0.29, 0.717) is 13.0 Å². The van der Waals surface area contributed by atoms with Gasteiger partial charge in [0.2, 0.25) is 5.91 Å². The minimum atomic E-state index is -1.03. The van der Waals surface area contributed by atoms with Crippen molar-refractivity contribution >= 4 is 17.8 Å². The van der Waals surface area contributed by atoms with E-state index in [4.69, 9.17) is 0 Å². The zero-order valence-electron chi connectivity index (χ0n) is 16.1. The lowest BCUT2D eigenvalue weighted by Gasteiger charge is -2.23. The standard InChI is InChI=1S/C22H23N3O3/c1-15-7-3-4-9-17(15)13-24(2)19(26)14-25-20(27)22(23-21(25)28)12-11-16-8-5-6-10-18(16)22/h3-10H,11-14H2,1-2H3,(H,23,28). The summed E-state index contributed by atoms with van der Waals surface area (Å²) in [5.74, 6) is -0.602. The van der Waals surface area contributed by atoms with Crippen molar-refractivity contribution in [3.8, 4) is 0 Å². The number of amides is 4. The Hall–Kier alpha value is -3.15. The molecule has 2 aromatic carbocycles. The van der Waals surface area contributed by atoms with E-state index in [1.165, 1.54) is 0 Å². The third kappa shape index (κ3) is 2.85. The molecule has 6 heteroatoms. The normalized spacial score (nSPS) is 20.4. The average Bonchev–Trinajstić information content (AvgIpc) is 3.17. The molecule has 0 saturated carbocycles. The molecular weight excluding hydrogens is 354 g/mol. The molecule has 2 aliphatic rings. The van der Waals surface area contributed by atoms with Gasteiger partial charge < -0.3 is 10.2 Å². The van der Waals surface area contributed by atoms with Crippen LogP contribution in [0.1, 0.15) is 28.7 Å². The highest BCUT2D eigenvalue weighted by Gasteiger charge is 2.55. The third-order valence-corrected chi connectivity index (χ3v) is 5.81. The average molecular weight is 377 g/mol. The Balaban J connectivity index is 1.50. The molecule has 1 heterocycles. The van der Waals surface area contributed by atoms with Gasteiger partial charge in [-0.2, -0.15) is 0 Å². The first kappa shape index (κ1) is 18.2. The topological polar surface area (TPSA) is 69.7 Å². The lowest BCUT2D eigenvalue weighted by molar-refractivity contribution is -0.138. The summed E-state index contributed by atoms with van der Waals surface area (Å²) in [6.07, 6.45) is 1.26. The molecule has 0 aromatic heterocycles. The predicted octanol–water partition coefficient (Wildman–Crippen LogP) is 2.35. The van der Waals surface area contributed by atoms with Gasteiger partial charge in [0.1, 0.15) is 12.1 Å². The Morgan fingerprint density at radius 1 is 1.14 bits per heavy atom. The number of nitrogens with zero attached hydrogens (tertiary/aromatic N) is 2. The molecule has 1 atom stereocenters. The number of aryl methyl sites for hydroxylation is 2. The Kier molecular flexibility index (Phi) is 4.41. The first-order valence-corrected chi connectivity index (χ1v) is 9.43. The molecule has 2 aromatic rings. The van der Waals surface area contributed by atoms with E-state index in [9.17, 15) is 14.4 Å². The number of hydrogen-bond acceptors (Lipinski definition) is 3. The number of nitrogens with one attached hydrogen (secondary N) is 1. The van der Waals surface area contributed by atoms with Gasteiger partial charge in [0.15, 0.2) is 0 Å². The zero-order valence-corrected chi connectivity index (χ0v) is 16.1. The summed E-state index contributed by atoms with van der Waals surface area (Å²) in [6.45, 7) is 2.17. The van der Waals surface area contributed by atoms with Crippen LogP contribution >= 0.6 is 0 Å². The molecule has 1 aliphatic heterocycles. The van der Waals surface area contributed by atoms with Crippen LogP contribution < -0.4 is 5.32 Å². The molecular formula is C22H23N3O3. The monoisotopic (exact) mass is 377 g/mol. The smallest absolute Gasteiger partial charge is 0.325 e. The van der Waals surface area contributed by atoms with Gasteiger partial charge in [-0.1, -0.05) is 48.5 Å². The van der Waals surface area contributed by atoms with E-state index < -0.39 is 11.6 Å². The molecule has 4 rings (SSSR count). The maximum absolute atomic E-state index is 13.1. The number of hydrogen-bond donors (Lipinski definition) is 1. The summed E-state index contributed by atoms with van der Waals surface area (Å²) in [5, 5.41) is 2.86. The van der Waals surface area contributed by atoms with Crippen molar-refractivity contribution in [1.82, 2.24) is 15.1 Å². The van der Waals surface area contributed by atoms with Gasteiger partial charge in [0.05, 0.1) is 0 Å². The number of rotatable bonds is 4. The van der Waals surface area contributed by atoms with E-state index >= 15 is 0 Å². The van der Waals surface area contributed by atoms with Gasteiger partial charge in [-0.25, -0.2) is 4.79 Å². The van der Waals surface area contributed by atoms with Crippen LogP contribution in [0.15, 0.2) is 48.5 Å². The lowest BCUT2D eigenvalue weighted by atomic mass is 9.92. The quantitative estimate of drug-likeness (QED) is 0.832. The van der Waals surface area contributed by atoms with Crippen molar-refractivity contribution in [2.45, 2.75) is 31.8 Å². The van der Waals surface area contributed by atoms with Crippen LogP contribution in [0.5, 0.6) is 0 Å². The molecule has 0 bridgehead atoms. The van der Waals surface area contributed by atoms with E-state index in [1.807, 2.05) is 55.5 Å². The molecule has 1 unspecified atom stereocenters. The van der Waals surface area contributed by atoms with Gasteiger partial charge in [-0.3, -0.25) is 14.5 Å². The molecule has 28 heavy (non-hydrogen) atoms. The molecule has 0 radical (unpaired) electrons. The maximum atomic E-state index is 13.1. The first-order chi connectivity index (χ1) is 13.4. The second-order valence-corrected chi connectivity index (χ2v) is 7.56. The Labute approximate surface area is 164 Å². The van der Waals surface area contributed by atoms with E-state index in [-0.39, 0.29) is 18.4 Å². The lowest BCUT2D eigenvalue weighted by Crippen LogP contribution is -2.44. The highest BCUT2D eigenvalue weighted by molar-refractivity contribution is 6.09. The van der Waals surface area contributed by atoms with Crippen molar-refractivity contribution in [3.05, 3.63) is 70.8 Å². The minimum absolute atomic E-state index is 0.253. The highest BCUT2D eigenvalue weighted by atomic mass is 16.2. The SMILES string of the molecule is Cc1ccccc1CN(C)C(=O)CN1C(=O)NC2(CCc3ccccc32)C1=O. The Bertz CT molecular complexity index is 971. The molecule has 1 saturated heterocycles. The fourth-order valence-electron chi connectivity index (χ4n) is 4.12. The Morgan fingerprint density at radius 3 is 2.64 bits per heavy atom. The van der Waals surface area contributed by atoms with E-state index in [1.54, 1.807) is 11.9 Å². The van der Waals surface area contributed by atoms with Crippen molar-refractivity contribution in [1.29, 1.82) is 0 Å². The van der Waals surface area contributed by atoms with E-state index in [0.717, 1.165) is 33.6 Å². The van der Waals surface area contributed by atoms with Gasteiger partial charge in [-0.05, 0) is 42.0 Å². The van der Waals surface area contributed by atoms with Crippen molar-refractivity contribution < 1.29 is 14.4 Å². The summed E-state index contributed by atoms with van der Waals surface area (Å²) < 4.78 is 0. The highest BCUT2D eigenvalue weighted by Crippen LogP contribution is 2.41. The summed E-state index contributed by atoms with van der Waals surface area (Å²) in [4.78, 5) is 41.0. The summed E-state index contributed by atoms with van der Waals surface area (Å²) >= 11 is 0. The largest absolute Gasteiger partial charge is 0.340 e.